The smallest absolute Gasteiger partial charge is 0.353 e. The quantitative estimate of drug-likeness (QED) is 0.804. The van der Waals surface area contributed by atoms with Crippen LogP contribution in [0.1, 0.15) is 45.4 Å². The second kappa shape index (κ2) is 6.04. The molecule has 0 radical (unpaired) electrons. The highest BCUT2D eigenvalue weighted by atomic mass is 16.6. The molecule has 19 heavy (non-hydrogen) atoms. The first-order valence-electron chi connectivity index (χ1n) is 6.88. The highest BCUT2D eigenvalue weighted by Crippen LogP contribution is 2.27. The van der Waals surface area contributed by atoms with Gasteiger partial charge in [0, 0.05) is 12.5 Å². The number of carbonyl (C=O) groups is 2. The van der Waals surface area contributed by atoms with Crippen molar-refractivity contribution in [2.45, 2.75) is 57.6 Å². The third kappa shape index (κ3) is 3.24. The lowest BCUT2D eigenvalue weighted by Crippen LogP contribution is -2.46. The second-order valence-corrected chi connectivity index (χ2v) is 5.21. The fourth-order valence-corrected chi connectivity index (χ4v) is 2.81. The number of hydrogen-bond donors (Lipinski definition) is 2. The zero-order valence-corrected chi connectivity index (χ0v) is 11.1. The fourth-order valence-electron chi connectivity index (χ4n) is 2.81. The third-order valence-corrected chi connectivity index (χ3v) is 3.97. The van der Waals surface area contributed by atoms with Crippen LogP contribution >= 0.6 is 0 Å². The van der Waals surface area contributed by atoms with Crippen molar-refractivity contribution in [3.05, 3.63) is 0 Å². The summed E-state index contributed by atoms with van der Waals surface area (Å²) in [5, 5.41) is 15.2. The van der Waals surface area contributed by atoms with Gasteiger partial charge in [0.25, 0.3) is 5.91 Å². The molecule has 6 nitrogen and oxygen atoms in total. The Balaban J connectivity index is 1.86. The lowest BCUT2D eigenvalue weighted by atomic mass is 9.83. The van der Waals surface area contributed by atoms with Gasteiger partial charge in [0.15, 0.2) is 5.71 Å². The van der Waals surface area contributed by atoms with Crippen molar-refractivity contribution < 1.29 is 19.5 Å². The summed E-state index contributed by atoms with van der Waals surface area (Å²) in [5.74, 6) is -0.858. The van der Waals surface area contributed by atoms with Crippen LogP contribution in [0.3, 0.4) is 0 Å². The van der Waals surface area contributed by atoms with E-state index in [9.17, 15) is 9.59 Å². The van der Waals surface area contributed by atoms with Crippen LogP contribution in [-0.2, 0) is 14.4 Å². The Morgan fingerprint density at radius 2 is 2.16 bits per heavy atom. The van der Waals surface area contributed by atoms with Gasteiger partial charge in [-0.2, -0.15) is 0 Å². The van der Waals surface area contributed by atoms with Crippen LogP contribution in [0.2, 0.25) is 0 Å². The van der Waals surface area contributed by atoms with Crippen molar-refractivity contribution in [2.24, 2.45) is 11.1 Å². The molecule has 2 aliphatic rings. The van der Waals surface area contributed by atoms with Crippen LogP contribution in [0, 0.1) is 5.92 Å². The van der Waals surface area contributed by atoms with E-state index in [1.54, 1.807) is 0 Å². The van der Waals surface area contributed by atoms with Gasteiger partial charge >= 0.3 is 5.97 Å². The summed E-state index contributed by atoms with van der Waals surface area (Å²) in [6, 6.07) is 0.184. The summed E-state index contributed by atoms with van der Waals surface area (Å²) in [5.41, 5.74) is -0.0872. The Bertz CT molecular complexity index is 394. The van der Waals surface area contributed by atoms with E-state index < -0.39 is 12.1 Å². The number of rotatable bonds is 4. The minimum atomic E-state index is -1.13. The molecule has 0 aromatic rings. The maximum atomic E-state index is 12.0. The van der Waals surface area contributed by atoms with E-state index in [4.69, 9.17) is 9.94 Å². The highest BCUT2D eigenvalue weighted by molar-refractivity contribution is 6.36. The molecule has 3 unspecified atom stereocenters. The van der Waals surface area contributed by atoms with Gasteiger partial charge in [0.2, 0.25) is 6.10 Å². The maximum Gasteiger partial charge on any atom is 0.353 e. The van der Waals surface area contributed by atoms with Gasteiger partial charge in [-0.25, -0.2) is 4.79 Å². The summed E-state index contributed by atoms with van der Waals surface area (Å²) in [7, 11) is 0. The number of oxime groups is 1. The molecule has 106 valence electrons. The van der Waals surface area contributed by atoms with Crippen LogP contribution in [0.15, 0.2) is 5.16 Å². The molecule has 1 heterocycles. The van der Waals surface area contributed by atoms with E-state index in [1.165, 1.54) is 6.42 Å². The van der Waals surface area contributed by atoms with E-state index in [0.717, 1.165) is 25.7 Å². The molecular weight excluding hydrogens is 248 g/mol. The monoisotopic (exact) mass is 268 g/mol. The first-order valence-corrected chi connectivity index (χ1v) is 6.88. The average Bonchev–Trinajstić information content (AvgIpc) is 2.89. The van der Waals surface area contributed by atoms with Gasteiger partial charge in [0.1, 0.15) is 0 Å². The zero-order valence-electron chi connectivity index (χ0n) is 11.1. The predicted molar refractivity (Wildman–Crippen MR) is 68.7 cm³/mol. The van der Waals surface area contributed by atoms with Gasteiger partial charge in [-0.1, -0.05) is 31.3 Å². The van der Waals surface area contributed by atoms with Crippen LogP contribution in [0.5, 0.6) is 0 Å². The van der Waals surface area contributed by atoms with Crippen molar-refractivity contribution in [3.63, 3.8) is 0 Å². The molecule has 1 fully saturated rings. The van der Waals surface area contributed by atoms with E-state index in [1.807, 2.05) is 0 Å². The fraction of sp³-hybridized carbons (Fsp3) is 0.769. The molecule has 1 saturated carbocycles. The second-order valence-electron chi connectivity index (χ2n) is 5.21. The molecule has 0 spiro atoms. The Labute approximate surface area is 112 Å². The first-order chi connectivity index (χ1) is 9.11. The SMILES string of the molecule is CCC1CCCCC1NC(=O)C1CC(C(=O)O)=NO1. The van der Waals surface area contributed by atoms with Crippen LogP contribution in [0.25, 0.3) is 0 Å². The van der Waals surface area contributed by atoms with Crippen molar-refractivity contribution >= 4 is 17.6 Å². The Morgan fingerprint density at radius 3 is 2.79 bits per heavy atom. The molecule has 0 bridgehead atoms. The minimum Gasteiger partial charge on any atom is -0.477 e. The number of aliphatic carboxylic acids is 1. The van der Waals surface area contributed by atoms with Crippen molar-refractivity contribution in [1.82, 2.24) is 5.32 Å². The molecule has 1 amide bonds. The standard InChI is InChI=1S/C13H20N2O4/c1-2-8-5-3-4-6-9(8)14-12(16)11-7-10(13(17)18)15-19-11/h8-9,11H,2-7H2,1H3,(H,14,16)(H,17,18). The maximum absolute atomic E-state index is 12.0. The number of nitrogens with zero attached hydrogens (tertiary/aromatic N) is 1. The van der Waals surface area contributed by atoms with Gasteiger partial charge in [0.05, 0.1) is 0 Å². The van der Waals surface area contributed by atoms with Crippen LogP contribution in [0.4, 0.5) is 0 Å². The molecule has 6 heteroatoms. The van der Waals surface area contributed by atoms with Crippen molar-refractivity contribution in [3.8, 4) is 0 Å². The molecule has 0 aromatic carbocycles. The highest BCUT2D eigenvalue weighted by Gasteiger charge is 2.34. The molecule has 0 aromatic heterocycles. The predicted octanol–water partition coefficient (Wildman–Crippen LogP) is 1.30. The van der Waals surface area contributed by atoms with Gasteiger partial charge in [-0.15, -0.1) is 0 Å². The molecule has 2 rings (SSSR count). The topological polar surface area (TPSA) is 88.0 Å². The summed E-state index contributed by atoms with van der Waals surface area (Å²) < 4.78 is 0. The third-order valence-electron chi connectivity index (χ3n) is 3.97. The lowest BCUT2D eigenvalue weighted by Gasteiger charge is -2.31. The average molecular weight is 268 g/mol. The summed E-state index contributed by atoms with van der Waals surface area (Å²) in [6.45, 7) is 2.13. The van der Waals surface area contributed by atoms with E-state index in [2.05, 4.69) is 17.4 Å². The van der Waals surface area contributed by atoms with Gasteiger partial charge in [-0.05, 0) is 18.8 Å². The van der Waals surface area contributed by atoms with E-state index in [0.29, 0.717) is 5.92 Å². The number of carboxylic acid groups (broad SMARTS) is 1. The number of amides is 1. The lowest BCUT2D eigenvalue weighted by molar-refractivity contribution is -0.132. The Kier molecular flexibility index (Phi) is 4.39. The number of carboxylic acids is 1. The van der Waals surface area contributed by atoms with Crippen molar-refractivity contribution in [1.29, 1.82) is 0 Å². The summed E-state index contributed by atoms with van der Waals surface area (Å²) in [6.07, 6.45) is 4.79. The number of nitrogens with one attached hydrogen (secondary N) is 1. The summed E-state index contributed by atoms with van der Waals surface area (Å²) in [4.78, 5) is 27.7. The number of hydrogen-bond acceptors (Lipinski definition) is 4. The van der Waals surface area contributed by atoms with Gasteiger partial charge < -0.3 is 15.3 Å². The van der Waals surface area contributed by atoms with E-state index >= 15 is 0 Å². The van der Waals surface area contributed by atoms with Crippen LogP contribution < -0.4 is 5.32 Å². The summed E-state index contributed by atoms with van der Waals surface area (Å²) >= 11 is 0. The number of carbonyl (C=O) groups excluding carboxylic acids is 1. The largest absolute Gasteiger partial charge is 0.477 e. The Hall–Kier alpha value is -1.59. The molecule has 1 aliphatic carbocycles. The van der Waals surface area contributed by atoms with Crippen LogP contribution in [-0.4, -0.2) is 34.8 Å². The zero-order chi connectivity index (χ0) is 13.8. The first kappa shape index (κ1) is 13.8. The molecule has 1 aliphatic heterocycles. The normalized spacial score (nSPS) is 30.4. The van der Waals surface area contributed by atoms with Gasteiger partial charge in [-0.3, -0.25) is 4.79 Å². The minimum absolute atomic E-state index is 0.0463. The van der Waals surface area contributed by atoms with Crippen molar-refractivity contribution in [2.75, 3.05) is 0 Å². The molecule has 2 N–H and O–H groups in total. The molecular formula is C13H20N2O4. The molecule has 0 saturated heterocycles. The molecule has 3 atom stereocenters. The Morgan fingerprint density at radius 1 is 1.42 bits per heavy atom. The van der Waals surface area contributed by atoms with E-state index in [-0.39, 0.29) is 24.1 Å².